The normalized spacial score (nSPS) is 14.8. The van der Waals surface area contributed by atoms with Crippen LogP contribution in [-0.4, -0.2) is 79.4 Å². The summed E-state index contributed by atoms with van der Waals surface area (Å²) in [6.45, 7) is 8.81. The van der Waals surface area contributed by atoms with E-state index in [1.54, 1.807) is 43.3 Å². The first-order valence-corrected chi connectivity index (χ1v) is 14.5. The van der Waals surface area contributed by atoms with Crippen molar-refractivity contribution in [3.05, 3.63) is 52.0 Å². The number of benzene rings is 2. The Morgan fingerprint density at radius 1 is 1.03 bits per heavy atom. The van der Waals surface area contributed by atoms with Gasteiger partial charge in [-0.05, 0) is 51.1 Å². The van der Waals surface area contributed by atoms with E-state index in [-0.39, 0.29) is 37.7 Å². The Morgan fingerprint density at radius 3 is 2.27 bits per heavy atom. The maximum atomic E-state index is 13.6. The number of hydrogen-bond acceptors (Lipinski definition) is 6. The average molecular weight is 569 g/mol. The zero-order valence-corrected chi connectivity index (χ0v) is 23.5. The molecule has 0 unspecified atom stereocenters. The minimum absolute atomic E-state index is 0.188. The van der Waals surface area contributed by atoms with Crippen LogP contribution in [0.4, 0.5) is 10.6 Å². The number of anilines is 1. The summed E-state index contributed by atoms with van der Waals surface area (Å²) in [5.74, 6) is 0.701. The summed E-state index contributed by atoms with van der Waals surface area (Å²) in [7, 11) is -3.78. The van der Waals surface area contributed by atoms with E-state index in [0.29, 0.717) is 35.5 Å². The van der Waals surface area contributed by atoms with Crippen molar-refractivity contribution in [1.29, 1.82) is 0 Å². The Bertz CT molecular complexity index is 1360. The highest BCUT2D eigenvalue weighted by Crippen LogP contribution is 2.32. The molecule has 0 N–H and O–H groups in total. The van der Waals surface area contributed by atoms with Crippen LogP contribution in [0.2, 0.25) is 10.0 Å². The lowest BCUT2D eigenvalue weighted by atomic mass is 10.2. The number of sulfonamides is 1. The second-order valence-electron chi connectivity index (χ2n) is 8.62. The monoisotopic (exact) mass is 567 g/mol. The molecule has 200 valence electrons. The third kappa shape index (κ3) is 5.52. The molecule has 0 spiro atoms. The van der Waals surface area contributed by atoms with Gasteiger partial charge in [0.1, 0.15) is 0 Å². The zero-order chi connectivity index (χ0) is 26.7. The molecule has 1 aliphatic rings. The number of hydrogen-bond donors (Lipinski definition) is 0. The number of amides is 1. The van der Waals surface area contributed by atoms with Crippen LogP contribution in [0.1, 0.15) is 26.3 Å². The van der Waals surface area contributed by atoms with Gasteiger partial charge < -0.3 is 14.5 Å². The predicted molar refractivity (Wildman–Crippen MR) is 146 cm³/mol. The van der Waals surface area contributed by atoms with Crippen molar-refractivity contribution in [2.75, 3.05) is 50.8 Å². The smallest absolute Gasteiger partial charge is 0.409 e. The third-order valence-electron chi connectivity index (χ3n) is 6.54. The molecule has 1 aromatic heterocycles. The van der Waals surface area contributed by atoms with E-state index in [2.05, 4.69) is 4.90 Å². The van der Waals surface area contributed by atoms with Gasteiger partial charge in [0.2, 0.25) is 10.0 Å². The molecule has 12 heteroatoms. The van der Waals surface area contributed by atoms with E-state index in [4.69, 9.17) is 33.0 Å². The number of ether oxygens (including phenoxy) is 1. The number of aromatic nitrogens is 2. The summed E-state index contributed by atoms with van der Waals surface area (Å²) in [6, 6.07) is 10.4. The Morgan fingerprint density at radius 2 is 1.68 bits per heavy atom. The van der Waals surface area contributed by atoms with Crippen LogP contribution in [0.5, 0.6) is 0 Å². The summed E-state index contributed by atoms with van der Waals surface area (Å²) in [4.78, 5) is 15.8. The first kappa shape index (κ1) is 27.5. The number of halogens is 2. The third-order valence-corrected chi connectivity index (χ3v) is 9.14. The van der Waals surface area contributed by atoms with Gasteiger partial charge in [0.15, 0.2) is 5.82 Å². The maximum Gasteiger partial charge on any atom is 0.409 e. The largest absolute Gasteiger partial charge is 0.450 e. The highest BCUT2D eigenvalue weighted by atomic mass is 35.5. The molecule has 0 atom stereocenters. The maximum absolute atomic E-state index is 13.6. The molecule has 1 saturated heterocycles. The molecule has 1 amide bonds. The SMILES string of the molecule is CCOC(=O)N1CCN(S(=O)(=O)c2ccc3c(c2)c(N(CC)CC)nn3Cc2c(Cl)cccc2Cl)CC1. The number of carbonyl (C=O) groups excluding carboxylic acids is 1. The predicted octanol–water partition coefficient (Wildman–Crippen LogP) is 4.70. The van der Waals surface area contributed by atoms with Crippen molar-refractivity contribution in [2.24, 2.45) is 0 Å². The van der Waals surface area contributed by atoms with E-state index >= 15 is 0 Å². The molecule has 2 aromatic carbocycles. The fourth-order valence-electron chi connectivity index (χ4n) is 4.49. The number of fused-ring (bicyclic) bond motifs is 1. The van der Waals surface area contributed by atoms with E-state index in [9.17, 15) is 13.2 Å². The lowest BCUT2D eigenvalue weighted by Gasteiger charge is -2.33. The van der Waals surface area contributed by atoms with Crippen molar-refractivity contribution in [3.63, 3.8) is 0 Å². The summed E-state index contributed by atoms with van der Waals surface area (Å²) >= 11 is 12.8. The van der Waals surface area contributed by atoms with Gasteiger partial charge in [-0.1, -0.05) is 29.3 Å². The molecule has 4 rings (SSSR count). The van der Waals surface area contributed by atoms with Gasteiger partial charge in [-0.3, -0.25) is 4.68 Å². The first-order valence-electron chi connectivity index (χ1n) is 12.3. The van der Waals surface area contributed by atoms with Crippen molar-refractivity contribution >= 4 is 56.0 Å². The van der Waals surface area contributed by atoms with Gasteiger partial charge in [0.05, 0.1) is 23.6 Å². The number of piperazine rings is 1. The second kappa shape index (κ2) is 11.5. The van der Waals surface area contributed by atoms with Gasteiger partial charge in [-0.15, -0.1) is 0 Å². The van der Waals surface area contributed by atoms with Crippen molar-refractivity contribution in [1.82, 2.24) is 19.0 Å². The van der Waals surface area contributed by atoms with Crippen LogP contribution in [0.15, 0.2) is 41.3 Å². The molecule has 1 aliphatic heterocycles. The standard InChI is InChI=1S/C25H31Cl2N5O4S/c1-4-29(5-2)24-19-16-18(37(34,35)31-14-12-30(13-15-31)25(33)36-6-3)10-11-23(19)32(28-24)17-20-21(26)8-7-9-22(20)27/h7-11,16H,4-6,12-15,17H2,1-3H3. The summed E-state index contributed by atoms with van der Waals surface area (Å²) < 4.78 is 35.4. The Hall–Kier alpha value is -2.53. The van der Waals surface area contributed by atoms with E-state index in [0.717, 1.165) is 16.5 Å². The summed E-state index contributed by atoms with van der Waals surface area (Å²) in [5.41, 5.74) is 1.53. The Balaban J connectivity index is 1.70. The van der Waals surface area contributed by atoms with Crippen molar-refractivity contribution in [3.8, 4) is 0 Å². The molecule has 1 fully saturated rings. The van der Waals surface area contributed by atoms with Crippen LogP contribution in [0.3, 0.4) is 0 Å². The van der Waals surface area contributed by atoms with Gasteiger partial charge in [-0.25, -0.2) is 13.2 Å². The fourth-order valence-corrected chi connectivity index (χ4v) is 6.45. The zero-order valence-electron chi connectivity index (χ0n) is 21.2. The number of carbonyl (C=O) groups is 1. The lowest BCUT2D eigenvalue weighted by Crippen LogP contribution is -2.50. The molecule has 9 nitrogen and oxygen atoms in total. The van der Waals surface area contributed by atoms with Gasteiger partial charge in [0.25, 0.3) is 0 Å². The van der Waals surface area contributed by atoms with Gasteiger partial charge >= 0.3 is 6.09 Å². The second-order valence-corrected chi connectivity index (χ2v) is 11.4. The Labute approximate surface area is 227 Å². The topological polar surface area (TPSA) is 88.0 Å². The molecule has 2 heterocycles. The van der Waals surface area contributed by atoms with E-state index in [1.807, 2.05) is 18.5 Å². The Kier molecular flexibility index (Phi) is 8.52. The highest BCUT2D eigenvalue weighted by molar-refractivity contribution is 7.89. The van der Waals surface area contributed by atoms with Gasteiger partial charge in [0, 0.05) is 60.3 Å². The molecule has 0 bridgehead atoms. The molecule has 37 heavy (non-hydrogen) atoms. The van der Waals surface area contributed by atoms with Crippen LogP contribution in [0.25, 0.3) is 10.9 Å². The van der Waals surface area contributed by atoms with Crippen LogP contribution in [-0.2, 0) is 21.3 Å². The molecule has 3 aromatic rings. The van der Waals surface area contributed by atoms with Crippen LogP contribution >= 0.6 is 23.2 Å². The van der Waals surface area contributed by atoms with E-state index < -0.39 is 16.1 Å². The quantitative estimate of drug-likeness (QED) is 0.392. The minimum atomic E-state index is -3.78. The van der Waals surface area contributed by atoms with Crippen molar-refractivity contribution < 1.29 is 17.9 Å². The molecular formula is C25H31Cl2N5O4S. The number of rotatable bonds is 8. The molecular weight excluding hydrogens is 537 g/mol. The molecule has 0 saturated carbocycles. The molecule has 0 radical (unpaired) electrons. The van der Waals surface area contributed by atoms with Crippen LogP contribution in [0, 0.1) is 0 Å². The summed E-state index contributed by atoms with van der Waals surface area (Å²) in [5, 5.41) is 6.67. The molecule has 0 aliphatic carbocycles. The van der Waals surface area contributed by atoms with Crippen LogP contribution < -0.4 is 4.90 Å². The lowest BCUT2D eigenvalue weighted by molar-refractivity contribution is 0.0934. The van der Waals surface area contributed by atoms with Crippen molar-refractivity contribution in [2.45, 2.75) is 32.2 Å². The van der Waals surface area contributed by atoms with Gasteiger partial charge in [-0.2, -0.15) is 9.40 Å². The highest BCUT2D eigenvalue weighted by Gasteiger charge is 2.31. The first-order chi connectivity index (χ1) is 17.7. The summed E-state index contributed by atoms with van der Waals surface area (Å²) in [6.07, 6.45) is -0.420. The average Bonchev–Trinajstić information content (AvgIpc) is 3.25. The fraction of sp³-hybridized carbons (Fsp3) is 0.440. The number of nitrogens with zero attached hydrogens (tertiary/aromatic N) is 5. The van der Waals surface area contributed by atoms with E-state index in [1.165, 1.54) is 9.21 Å². The minimum Gasteiger partial charge on any atom is -0.450 e.